The largest absolute Gasteiger partial charge is 0.475 e. The predicted octanol–water partition coefficient (Wildman–Crippen LogP) is 5.63. The van der Waals surface area contributed by atoms with Gasteiger partial charge in [0.1, 0.15) is 5.75 Å². The standard InChI is InChI=1S/C22H22NO2P/c1-22(2,3)26(24)20-17(16-10-5-4-6-11-16)12-9-14-19(20)25-21(26)18-13-7-8-15-23-18/h4-15,21H,1-3H3. The number of hydrogen-bond donors (Lipinski definition) is 0. The molecule has 0 N–H and O–H groups in total. The second kappa shape index (κ2) is 6.10. The van der Waals surface area contributed by atoms with Gasteiger partial charge in [-0.1, -0.05) is 69.3 Å². The summed E-state index contributed by atoms with van der Waals surface area (Å²) in [5.41, 5.74) is 2.76. The average Bonchev–Trinajstić information content (AvgIpc) is 2.97. The first kappa shape index (κ1) is 17.1. The Labute approximate surface area is 154 Å². The van der Waals surface area contributed by atoms with Gasteiger partial charge in [0.25, 0.3) is 0 Å². The fraction of sp³-hybridized carbons (Fsp3) is 0.227. The van der Waals surface area contributed by atoms with Gasteiger partial charge in [-0.25, -0.2) is 0 Å². The van der Waals surface area contributed by atoms with Crippen LogP contribution in [0.5, 0.6) is 5.75 Å². The molecule has 2 aromatic carbocycles. The molecule has 2 atom stereocenters. The van der Waals surface area contributed by atoms with E-state index in [9.17, 15) is 4.57 Å². The summed E-state index contributed by atoms with van der Waals surface area (Å²) in [5, 5.41) is 0.389. The normalized spacial score (nSPS) is 21.9. The summed E-state index contributed by atoms with van der Waals surface area (Å²) in [4.78, 5) is 4.46. The summed E-state index contributed by atoms with van der Waals surface area (Å²) in [6.45, 7) is 6.10. The third-order valence-electron chi connectivity index (χ3n) is 4.92. The zero-order valence-electron chi connectivity index (χ0n) is 15.2. The maximum atomic E-state index is 14.6. The molecule has 0 saturated heterocycles. The van der Waals surface area contributed by atoms with Gasteiger partial charge in [0, 0.05) is 11.4 Å². The second-order valence-corrected chi connectivity index (χ2v) is 11.1. The lowest BCUT2D eigenvalue weighted by Crippen LogP contribution is -2.25. The van der Waals surface area contributed by atoms with Crippen LogP contribution < -0.4 is 10.0 Å². The van der Waals surface area contributed by atoms with Crippen LogP contribution in [0, 0.1) is 0 Å². The molecule has 0 aliphatic carbocycles. The van der Waals surface area contributed by atoms with Gasteiger partial charge in [0.2, 0.25) is 0 Å². The highest BCUT2D eigenvalue weighted by molar-refractivity contribution is 7.74. The van der Waals surface area contributed by atoms with Gasteiger partial charge in [-0.2, -0.15) is 0 Å². The van der Waals surface area contributed by atoms with Crippen molar-refractivity contribution in [3.63, 3.8) is 0 Å². The van der Waals surface area contributed by atoms with E-state index in [-0.39, 0.29) is 0 Å². The lowest BCUT2D eigenvalue weighted by molar-refractivity contribution is 0.286. The molecule has 2 unspecified atom stereocenters. The number of nitrogens with zero attached hydrogens (tertiary/aromatic N) is 1. The van der Waals surface area contributed by atoms with E-state index in [1.54, 1.807) is 6.20 Å². The van der Waals surface area contributed by atoms with Crippen LogP contribution in [0.2, 0.25) is 0 Å². The topological polar surface area (TPSA) is 39.2 Å². The molecule has 132 valence electrons. The molecule has 0 spiro atoms. The fourth-order valence-electron chi connectivity index (χ4n) is 3.58. The number of rotatable bonds is 2. The van der Waals surface area contributed by atoms with Crippen LogP contribution in [0.25, 0.3) is 11.1 Å². The Balaban J connectivity index is 1.99. The van der Waals surface area contributed by atoms with Crippen molar-refractivity contribution in [1.29, 1.82) is 0 Å². The van der Waals surface area contributed by atoms with E-state index in [1.165, 1.54) is 0 Å². The number of aromatic nitrogens is 1. The highest BCUT2D eigenvalue weighted by Gasteiger charge is 2.54. The van der Waals surface area contributed by atoms with Crippen LogP contribution in [-0.4, -0.2) is 10.1 Å². The summed E-state index contributed by atoms with van der Waals surface area (Å²) < 4.78 is 20.9. The molecule has 0 amide bonds. The quantitative estimate of drug-likeness (QED) is 0.554. The summed E-state index contributed by atoms with van der Waals surface area (Å²) in [7, 11) is -2.96. The molecule has 2 heterocycles. The summed E-state index contributed by atoms with van der Waals surface area (Å²) in [6, 6.07) is 21.7. The van der Waals surface area contributed by atoms with E-state index in [0.29, 0.717) is 5.75 Å². The molecule has 4 heteroatoms. The fourth-order valence-corrected chi connectivity index (χ4v) is 6.99. The SMILES string of the molecule is CC(C)(C)P1(=O)c2c(cccc2-c2ccccc2)OC1c1ccccn1. The van der Waals surface area contributed by atoms with Crippen molar-refractivity contribution in [2.75, 3.05) is 0 Å². The van der Waals surface area contributed by atoms with Crippen molar-refractivity contribution in [3.8, 4) is 16.9 Å². The Morgan fingerprint density at radius 3 is 2.31 bits per heavy atom. The molecule has 0 bridgehead atoms. The van der Waals surface area contributed by atoms with Crippen LogP contribution in [0.3, 0.4) is 0 Å². The molecule has 0 radical (unpaired) electrons. The molecule has 1 aromatic heterocycles. The molecule has 0 fully saturated rings. The van der Waals surface area contributed by atoms with Gasteiger partial charge in [-0.15, -0.1) is 0 Å². The van der Waals surface area contributed by atoms with Crippen molar-refractivity contribution in [3.05, 3.63) is 78.6 Å². The van der Waals surface area contributed by atoms with Crippen LogP contribution in [0.15, 0.2) is 72.9 Å². The lowest BCUT2D eigenvalue weighted by atomic mass is 10.1. The first-order chi connectivity index (χ1) is 12.4. The first-order valence-electron chi connectivity index (χ1n) is 8.79. The lowest BCUT2D eigenvalue weighted by Gasteiger charge is -2.32. The molecule has 1 aliphatic heterocycles. The zero-order chi connectivity index (χ0) is 18.4. The van der Waals surface area contributed by atoms with E-state index < -0.39 is 18.1 Å². The first-order valence-corrected chi connectivity index (χ1v) is 10.6. The minimum absolute atomic E-state index is 0.453. The highest BCUT2D eigenvalue weighted by atomic mass is 31.2. The smallest absolute Gasteiger partial charge is 0.197 e. The minimum atomic E-state index is -2.96. The van der Waals surface area contributed by atoms with E-state index in [2.05, 4.69) is 17.1 Å². The Morgan fingerprint density at radius 2 is 1.65 bits per heavy atom. The molecular formula is C22H22NO2P. The van der Waals surface area contributed by atoms with E-state index in [4.69, 9.17) is 4.74 Å². The number of pyridine rings is 1. The van der Waals surface area contributed by atoms with Crippen molar-refractivity contribution in [2.24, 2.45) is 0 Å². The summed E-state index contributed by atoms with van der Waals surface area (Å²) in [5.74, 6) is 0.156. The Kier molecular flexibility index (Phi) is 4.00. The second-order valence-electron chi connectivity index (χ2n) is 7.57. The molecular weight excluding hydrogens is 341 g/mol. The van der Waals surface area contributed by atoms with Crippen molar-refractivity contribution in [1.82, 2.24) is 4.98 Å². The van der Waals surface area contributed by atoms with Crippen LogP contribution in [0.1, 0.15) is 32.3 Å². The number of fused-ring (bicyclic) bond motifs is 1. The van der Waals surface area contributed by atoms with Crippen LogP contribution in [-0.2, 0) is 4.57 Å². The monoisotopic (exact) mass is 363 g/mol. The molecule has 4 rings (SSSR count). The number of hydrogen-bond acceptors (Lipinski definition) is 3. The summed E-state index contributed by atoms with van der Waals surface area (Å²) in [6.07, 6.45) is 1.73. The maximum Gasteiger partial charge on any atom is 0.197 e. The van der Waals surface area contributed by atoms with E-state index in [1.807, 2.05) is 75.4 Å². The predicted molar refractivity (Wildman–Crippen MR) is 106 cm³/mol. The summed E-state index contributed by atoms with van der Waals surface area (Å²) >= 11 is 0. The molecule has 0 saturated carbocycles. The number of benzene rings is 2. The third-order valence-corrected chi connectivity index (χ3v) is 9.07. The van der Waals surface area contributed by atoms with Crippen LogP contribution >= 0.6 is 7.14 Å². The average molecular weight is 363 g/mol. The van der Waals surface area contributed by atoms with Crippen molar-refractivity contribution in [2.45, 2.75) is 31.8 Å². The van der Waals surface area contributed by atoms with Gasteiger partial charge in [-0.05, 0) is 29.3 Å². The van der Waals surface area contributed by atoms with Gasteiger partial charge in [0.15, 0.2) is 13.0 Å². The van der Waals surface area contributed by atoms with Crippen molar-refractivity contribution >= 4 is 12.4 Å². The van der Waals surface area contributed by atoms with Crippen LogP contribution in [0.4, 0.5) is 0 Å². The molecule has 3 nitrogen and oxygen atoms in total. The maximum absolute atomic E-state index is 14.6. The Morgan fingerprint density at radius 1 is 0.923 bits per heavy atom. The highest BCUT2D eigenvalue weighted by Crippen LogP contribution is 2.72. The zero-order valence-corrected chi connectivity index (χ0v) is 16.1. The van der Waals surface area contributed by atoms with E-state index in [0.717, 1.165) is 22.1 Å². The molecule has 26 heavy (non-hydrogen) atoms. The van der Waals surface area contributed by atoms with Gasteiger partial charge < -0.3 is 9.30 Å². The van der Waals surface area contributed by atoms with Gasteiger partial charge in [-0.3, -0.25) is 4.98 Å². The van der Waals surface area contributed by atoms with Gasteiger partial charge in [0.05, 0.1) is 11.0 Å². The van der Waals surface area contributed by atoms with Gasteiger partial charge >= 0.3 is 0 Å². The number of ether oxygens (including phenoxy) is 1. The molecule has 3 aromatic rings. The Hall–Kier alpha value is -2.38. The Bertz CT molecular complexity index is 978. The molecule has 1 aliphatic rings. The third kappa shape index (κ3) is 2.50. The van der Waals surface area contributed by atoms with E-state index >= 15 is 0 Å². The minimum Gasteiger partial charge on any atom is -0.475 e. The van der Waals surface area contributed by atoms with Crippen molar-refractivity contribution < 1.29 is 9.30 Å².